The second-order valence-electron chi connectivity index (χ2n) is 12.1. The van der Waals surface area contributed by atoms with Gasteiger partial charge in [0, 0.05) is 37.4 Å². The third-order valence-electron chi connectivity index (χ3n) is 9.39. The topological polar surface area (TPSA) is 98.9 Å². The highest BCUT2D eigenvalue weighted by Gasteiger charge is 2.49. The number of aromatic nitrogens is 3. The number of likely N-dealkylation sites (N-methyl/N-ethyl adjacent to an activating group) is 1. The number of anilines is 2. The first kappa shape index (κ1) is 29.2. The summed E-state index contributed by atoms with van der Waals surface area (Å²) in [6, 6.07) is 1.86. The van der Waals surface area contributed by atoms with E-state index in [2.05, 4.69) is 14.9 Å². The molecule has 3 saturated heterocycles. The number of nitrogens with zero attached hydrogens (tertiary/aromatic N) is 5. The Labute approximate surface area is 250 Å². The Balaban J connectivity index is 1.43. The number of ether oxygens (including phenoxy) is 3. The Morgan fingerprint density at radius 2 is 2.02 bits per heavy atom. The van der Waals surface area contributed by atoms with Crippen molar-refractivity contribution in [3.8, 4) is 23.1 Å². The lowest BCUT2D eigenvalue weighted by Crippen LogP contribution is -2.51. The number of aryl methyl sites for hydroxylation is 1. The average Bonchev–Trinajstić information content (AvgIpc) is 3.44. The monoisotopic (exact) mass is 620 g/mol. The lowest BCUT2D eigenvalue weighted by atomic mass is 9.95. The number of nitrogens with two attached hydrogens (primary N) is 1. The summed E-state index contributed by atoms with van der Waals surface area (Å²) in [6.45, 7) is 5.50. The molecule has 4 atom stereocenters. The molecule has 7 rings (SSSR count). The van der Waals surface area contributed by atoms with Gasteiger partial charge in [-0.3, -0.25) is 4.90 Å². The summed E-state index contributed by atoms with van der Waals surface area (Å²) in [5, 5.41) is 0.134. The number of alkyl halides is 4. The Kier molecular flexibility index (Phi) is 6.99. The van der Waals surface area contributed by atoms with Crippen molar-refractivity contribution in [2.45, 2.75) is 69.6 Å². The van der Waals surface area contributed by atoms with Gasteiger partial charge in [-0.1, -0.05) is 0 Å². The highest BCUT2D eigenvalue weighted by atomic mass is 19.4. The standard InChI is InChI=1S/C30H33F5N6O3/c1-3-41-19-5-8-42-13-20(19)44-27-21-25(23(32)24(37-27)18-10-17(36)9-15(2)22(18)30(33,34)35)38-28(39-26(21)41)43-14-29-6-4-7-40(29)12-16(31)11-29/h9-10,16,19-20H,3-8,11-14,36H2,1-2H3/t16-,19+,20+,29+/m1/s1. The van der Waals surface area contributed by atoms with E-state index < -0.39 is 46.6 Å². The lowest BCUT2D eigenvalue weighted by molar-refractivity contribution is -0.137. The summed E-state index contributed by atoms with van der Waals surface area (Å²) < 4.78 is 92.2. The molecule has 0 unspecified atom stereocenters. The van der Waals surface area contributed by atoms with E-state index in [1.807, 2.05) is 11.8 Å². The van der Waals surface area contributed by atoms with E-state index in [-0.39, 0.29) is 53.3 Å². The van der Waals surface area contributed by atoms with Gasteiger partial charge in [0.2, 0.25) is 5.88 Å². The molecule has 0 saturated carbocycles. The summed E-state index contributed by atoms with van der Waals surface area (Å²) in [5.74, 6) is -0.872. The van der Waals surface area contributed by atoms with Crippen LogP contribution in [0.3, 0.4) is 0 Å². The van der Waals surface area contributed by atoms with Crippen molar-refractivity contribution in [2.75, 3.05) is 50.1 Å². The van der Waals surface area contributed by atoms with Gasteiger partial charge in [0.15, 0.2) is 5.82 Å². The number of fused-ring (bicyclic) bond motifs is 2. The highest BCUT2D eigenvalue weighted by Crippen LogP contribution is 2.46. The van der Waals surface area contributed by atoms with Crippen molar-refractivity contribution in [2.24, 2.45) is 0 Å². The first-order valence-corrected chi connectivity index (χ1v) is 14.9. The molecule has 0 aliphatic carbocycles. The number of benzene rings is 1. The fraction of sp³-hybridized carbons (Fsp3) is 0.567. The number of hydrogen-bond donors (Lipinski definition) is 1. The van der Waals surface area contributed by atoms with E-state index in [0.29, 0.717) is 38.4 Å². The summed E-state index contributed by atoms with van der Waals surface area (Å²) in [5.41, 5.74) is 2.83. The summed E-state index contributed by atoms with van der Waals surface area (Å²) in [6.07, 6.45) is -3.81. The van der Waals surface area contributed by atoms with Crippen LogP contribution in [0.15, 0.2) is 12.1 Å². The zero-order chi connectivity index (χ0) is 31.0. The smallest absolute Gasteiger partial charge is 0.417 e. The highest BCUT2D eigenvalue weighted by molar-refractivity contribution is 5.97. The second-order valence-corrected chi connectivity index (χ2v) is 12.1. The van der Waals surface area contributed by atoms with Crippen LogP contribution in [0.5, 0.6) is 11.9 Å². The molecule has 14 heteroatoms. The minimum absolute atomic E-state index is 0.0204. The second kappa shape index (κ2) is 10.5. The molecule has 2 N–H and O–H groups in total. The van der Waals surface area contributed by atoms with Gasteiger partial charge in [0.1, 0.15) is 41.3 Å². The Hall–Kier alpha value is -3.52. The van der Waals surface area contributed by atoms with Crippen molar-refractivity contribution >= 4 is 22.4 Å². The third-order valence-corrected chi connectivity index (χ3v) is 9.39. The fourth-order valence-electron chi connectivity index (χ4n) is 7.52. The molecule has 236 valence electrons. The molecule has 4 aliphatic heterocycles. The molecule has 3 fully saturated rings. The van der Waals surface area contributed by atoms with Crippen molar-refractivity contribution in [3.63, 3.8) is 0 Å². The first-order valence-electron chi connectivity index (χ1n) is 14.9. The maximum atomic E-state index is 16.7. The molecule has 1 aromatic carbocycles. The van der Waals surface area contributed by atoms with E-state index in [1.165, 1.54) is 13.0 Å². The fourth-order valence-corrected chi connectivity index (χ4v) is 7.52. The molecular weight excluding hydrogens is 587 g/mol. The van der Waals surface area contributed by atoms with Crippen LogP contribution in [0.4, 0.5) is 33.5 Å². The first-order chi connectivity index (χ1) is 21.0. The van der Waals surface area contributed by atoms with E-state index in [0.717, 1.165) is 25.5 Å². The van der Waals surface area contributed by atoms with Crippen molar-refractivity contribution < 1.29 is 36.2 Å². The van der Waals surface area contributed by atoms with Crippen molar-refractivity contribution in [3.05, 3.63) is 29.1 Å². The summed E-state index contributed by atoms with van der Waals surface area (Å²) in [7, 11) is 0. The quantitative estimate of drug-likeness (QED) is 0.310. The largest absolute Gasteiger partial charge is 0.469 e. The third kappa shape index (κ3) is 4.68. The van der Waals surface area contributed by atoms with Gasteiger partial charge in [-0.25, -0.2) is 13.8 Å². The molecule has 9 nitrogen and oxygen atoms in total. The van der Waals surface area contributed by atoms with Crippen LogP contribution in [-0.2, 0) is 10.9 Å². The van der Waals surface area contributed by atoms with Gasteiger partial charge in [-0.15, -0.1) is 0 Å². The van der Waals surface area contributed by atoms with Gasteiger partial charge in [0.25, 0.3) is 0 Å². The predicted molar refractivity (Wildman–Crippen MR) is 152 cm³/mol. The van der Waals surface area contributed by atoms with Gasteiger partial charge < -0.3 is 24.8 Å². The van der Waals surface area contributed by atoms with Gasteiger partial charge in [-0.2, -0.15) is 23.1 Å². The van der Waals surface area contributed by atoms with E-state index in [1.54, 1.807) is 0 Å². The summed E-state index contributed by atoms with van der Waals surface area (Å²) >= 11 is 0. The molecule has 0 amide bonds. The number of hydrogen-bond acceptors (Lipinski definition) is 9. The van der Waals surface area contributed by atoms with Crippen molar-refractivity contribution in [1.29, 1.82) is 0 Å². The van der Waals surface area contributed by atoms with Crippen LogP contribution >= 0.6 is 0 Å². The molecule has 0 bridgehead atoms. The zero-order valence-electron chi connectivity index (χ0n) is 24.4. The van der Waals surface area contributed by atoms with Crippen LogP contribution in [0, 0.1) is 12.7 Å². The molecule has 0 spiro atoms. The predicted octanol–water partition coefficient (Wildman–Crippen LogP) is 5.07. The molecule has 44 heavy (non-hydrogen) atoms. The maximum absolute atomic E-state index is 16.7. The number of halogens is 5. The van der Waals surface area contributed by atoms with Gasteiger partial charge in [-0.05, 0) is 57.4 Å². The lowest BCUT2D eigenvalue weighted by Gasteiger charge is -2.37. The number of nitrogen functional groups attached to an aromatic ring is 1. The molecule has 0 radical (unpaired) electrons. The van der Waals surface area contributed by atoms with E-state index >= 15 is 4.39 Å². The molecule has 4 aliphatic rings. The summed E-state index contributed by atoms with van der Waals surface area (Å²) in [4.78, 5) is 17.5. The SMILES string of the molecule is CCN1c2nc(OC[C@@]34CCCN3C[C@H](F)C4)nc3c(F)c(-c4cc(N)cc(C)c4C(F)(F)F)nc(c23)O[C@H]2COCC[C@@H]21. The Morgan fingerprint density at radius 3 is 2.80 bits per heavy atom. The number of pyridine rings is 1. The normalized spacial score (nSPS) is 26.8. The minimum Gasteiger partial charge on any atom is -0.469 e. The average molecular weight is 621 g/mol. The van der Waals surface area contributed by atoms with Crippen LogP contribution < -0.4 is 20.1 Å². The molecule has 2 aromatic heterocycles. The maximum Gasteiger partial charge on any atom is 0.417 e. The Bertz CT molecular complexity index is 1620. The Morgan fingerprint density at radius 1 is 1.20 bits per heavy atom. The molecule has 3 aromatic rings. The van der Waals surface area contributed by atoms with Crippen LogP contribution in [0.1, 0.15) is 43.7 Å². The van der Waals surface area contributed by atoms with Crippen molar-refractivity contribution in [1.82, 2.24) is 19.9 Å². The van der Waals surface area contributed by atoms with E-state index in [4.69, 9.17) is 24.9 Å². The molecular formula is C30H33F5N6O3. The van der Waals surface area contributed by atoms with Crippen LogP contribution in [0.25, 0.3) is 22.2 Å². The minimum atomic E-state index is -4.82. The van der Waals surface area contributed by atoms with Gasteiger partial charge >= 0.3 is 12.2 Å². The zero-order valence-corrected chi connectivity index (χ0v) is 24.4. The van der Waals surface area contributed by atoms with Gasteiger partial charge in [0.05, 0.1) is 23.8 Å². The van der Waals surface area contributed by atoms with Crippen LogP contribution in [0.2, 0.25) is 0 Å². The number of rotatable bonds is 5. The van der Waals surface area contributed by atoms with Crippen LogP contribution in [-0.4, -0.2) is 83.2 Å². The molecule has 6 heterocycles. The van der Waals surface area contributed by atoms with E-state index in [9.17, 15) is 17.6 Å².